The number of carbonyl (C=O) groups is 1. The second-order valence-corrected chi connectivity index (χ2v) is 9.57. The van der Waals surface area contributed by atoms with E-state index < -0.39 is 0 Å². The fraction of sp³-hybridized carbons (Fsp3) is 0.360. The molecule has 0 aliphatic heterocycles. The Bertz CT molecular complexity index is 1290. The molecule has 1 amide bonds. The highest BCUT2D eigenvalue weighted by Crippen LogP contribution is 2.29. The summed E-state index contributed by atoms with van der Waals surface area (Å²) in [7, 11) is 1.79. The summed E-state index contributed by atoms with van der Waals surface area (Å²) in [4.78, 5) is 30.3. The largest absolute Gasteiger partial charge is 0.320 e. The van der Waals surface area contributed by atoms with E-state index in [4.69, 9.17) is 4.98 Å². The Hall–Kier alpha value is -3.31. The first-order valence-corrected chi connectivity index (χ1v) is 12.1. The molecule has 3 aromatic rings. The number of nitriles is 1. The van der Waals surface area contributed by atoms with E-state index in [1.54, 1.807) is 11.7 Å². The fourth-order valence-electron chi connectivity index (χ4n) is 4.17. The average Bonchev–Trinajstić information content (AvgIpc) is 3.02. The van der Waals surface area contributed by atoms with Crippen molar-refractivity contribution >= 4 is 23.4 Å². The first-order valence-electron chi connectivity index (χ1n) is 11.1. The van der Waals surface area contributed by atoms with Crippen molar-refractivity contribution in [3.63, 3.8) is 0 Å². The molecular weight excluding hydrogens is 434 g/mol. The first kappa shape index (κ1) is 22.9. The molecule has 1 N–H and O–H groups in total. The van der Waals surface area contributed by atoms with E-state index >= 15 is 0 Å². The highest BCUT2D eigenvalue weighted by atomic mass is 32.2. The lowest BCUT2D eigenvalue weighted by Gasteiger charge is -2.21. The minimum Gasteiger partial charge on any atom is -0.320 e. The van der Waals surface area contributed by atoms with Gasteiger partial charge >= 0.3 is 0 Å². The number of carbonyl (C=O) groups excluding carboxylic acids is 1. The third-order valence-corrected chi connectivity index (χ3v) is 7.10. The van der Waals surface area contributed by atoms with Crippen LogP contribution in [0.5, 0.6) is 0 Å². The van der Waals surface area contributed by atoms with E-state index in [9.17, 15) is 14.9 Å². The molecule has 33 heavy (non-hydrogen) atoms. The van der Waals surface area contributed by atoms with Crippen molar-refractivity contribution in [3.05, 3.63) is 69.3 Å². The van der Waals surface area contributed by atoms with E-state index in [1.807, 2.05) is 43.3 Å². The number of anilines is 1. The van der Waals surface area contributed by atoms with Crippen molar-refractivity contribution < 1.29 is 4.79 Å². The Labute approximate surface area is 197 Å². The van der Waals surface area contributed by atoms with Gasteiger partial charge in [0.15, 0.2) is 0 Å². The lowest BCUT2D eigenvalue weighted by molar-refractivity contribution is -0.115. The van der Waals surface area contributed by atoms with Crippen LogP contribution in [0.1, 0.15) is 42.3 Å². The van der Waals surface area contributed by atoms with Gasteiger partial charge in [-0.1, -0.05) is 25.1 Å². The standard InChI is InChI=1S/C25H27N5O2S/c1-16-9-10-21-18(13-16)14-19(15-26)24(27-21)33-12-11-22(31)28-23-17(2)29(3)30(25(23)32)20-7-5-4-6-8-20/h4-8,14,16H,9-13H2,1-3H3,(H,28,31). The fourth-order valence-corrected chi connectivity index (χ4v) is 5.09. The van der Waals surface area contributed by atoms with Crippen LogP contribution in [-0.2, 0) is 24.7 Å². The molecule has 0 spiro atoms. The van der Waals surface area contributed by atoms with Crippen LogP contribution < -0.4 is 10.9 Å². The van der Waals surface area contributed by atoms with Gasteiger partial charge in [-0.25, -0.2) is 9.67 Å². The third kappa shape index (κ3) is 4.74. The van der Waals surface area contributed by atoms with Crippen LogP contribution in [-0.4, -0.2) is 26.0 Å². The summed E-state index contributed by atoms with van der Waals surface area (Å²) in [5.41, 5.74) is 4.25. The highest BCUT2D eigenvalue weighted by Gasteiger charge is 2.20. The van der Waals surface area contributed by atoms with Gasteiger partial charge < -0.3 is 5.32 Å². The third-order valence-electron chi connectivity index (χ3n) is 6.11. The van der Waals surface area contributed by atoms with E-state index in [2.05, 4.69) is 18.3 Å². The number of fused-ring (bicyclic) bond motifs is 1. The Morgan fingerprint density at radius 2 is 2.09 bits per heavy atom. The van der Waals surface area contributed by atoms with Crippen LogP contribution in [0.2, 0.25) is 0 Å². The van der Waals surface area contributed by atoms with Gasteiger partial charge in [0.25, 0.3) is 5.56 Å². The van der Waals surface area contributed by atoms with Crippen molar-refractivity contribution in [2.24, 2.45) is 13.0 Å². The second kappa shape index (κ2) is 9.67. The molecular formula is C25H27N5O2S. The molecule has 0 radical (unpaired) electrons. The molecule has 2 aromatic heterocycles. The van der Waals surface area contributed by atoms with Gasteiger partial charge in [0.2, 0.25) is 5.91 Å². The zero-order chi connectivity index (χ0) is 23.5. The van der Waals surface area contributed by atoms with Crippen LogP contribution >= 0.6 is 11.8 Å². The first-order chi connectivity index (χ1) is 15.9. The SMILES string of the molecule is Cc1c(NC(=O)CCSc2nc3c(cc2C#N)CC(C)CC3)c(=O)n(-c2ccccc2)n1C. The number of nitrogens with one attached hydrogen (secondary N) is 1. The summed E-state index contributed by atoms with van der Waals surface area (Å²) in [6.45, 7) is 4.03. The Kier molecular flexibility index (Phi) is 6.70. The van der Waals surface area contributed by atoms with Crippen molar-refractivity contribution in [2.45, 2.75) is 44.6 Å². The number of benzene rings is 1. The number of rotatable bonds is 6. The summed E-state index contributed by atoms with van der Waals surface area (Å²) >= 11 is 1.41. The molecule has 1 unspecified atom stereocenters. The van der Waals surface area contributed by atoms with E-state index in [0.717, 1.165) is 30.6 Å². The van der Waals surface area contributed by atoms with Gasteiger partial charge in [0.1, 0.15) is 16.8 Å². The summed E-state index contributed by atoms with van der Waals surface area (Å²) in [5, 5.41) is 13.0. The molecule has 1 aliphatic carbocycles. The lowest BCUT2D eigenvalue weighted by Crippen LogP contribution is -2.23. The monoisotopic (exact) mass is 461 g/mol. The van der Waals surface area contributed by atoms with Crippen molar-refractivity contribution in [1.29, 1.82) is 5.26 Å². The molecule has 1 aromatic carbocycles. The molecule has 1 aliphatic rings. The Morgan fingerprint density at radius 3 is 2.82 bits per heavy atom. The normalized spacial score (nSPS) is 15.0. The van der Waals surface area contributed by atoms with Gasteiger partial charge in [0, 0.05) is 24.9 Å². The number of thioether (sulfide) groups is 1. The summed E-state index contributed by atoms with van der Waals surface area (Å²) < 4.78 is 3.27. The number of aryl methyl sites for hydroxylation is 1. The minimum atomic E-state index is -0.264. The molecule has 1 atom stereocenters. The number of hydrogen-bond acceptors (Lipinski definition) is 5. The van der Waals surface area contributed by atoms with Crippen LogP contribution in [0.3, 0.4) is 0 Å². The number of pyridine rings is 1. The maximum absolute atomic E-state index is 13.0. The number of para-hydroxylation sites is 1. The topological polar surface area (TPSA) is 92.7 Å². The van der Waals surface area contributed by atoms with Crippen molar-refractivity contribution in [1.82, 2.24) is 14.3 Å². The summed E-state index contributed by atoms with van der Waals surface area (Å²) in [6, 6.07) is 13.5. The molecule has 7 nitrogen and oxygen atoms in total. The number of hydrogen-bond donors (Lipinski definition) is 1. The molecule has 170 valence electrons. The Morgan fingerprint density at radius 1 is 1.33 bits per heavy atom. The molecule has 8 heteroatoms. The van der Waals surface area contributed by atoms with Crippen LogP contribution in [0.25, 0.3) is 5.69 Å². The van der Waals surface area contributed by atoms with Gasteiger partial charge in [0.05, 0.1) is 16.9 Å². The molecule has 4 rings (SSSR count). The summed E-state index contributed by atoms with van der Waals surface area (Å²) in [5.74, 6) is 0.848. The highest BCUT2D eigenvalue weighted by molar-refractivity contribution is 7.99. The average molecular weight is 462 g/mol. The predicted molar refractivity (Wildman–Crippen MR) is 130 cm³/mol. The van der Waals surface area contributed by atoms with E-state index in [1.165, 1.54) is 22.0 Å². The number of aromatic nitrogens is 3. The zero-order valence-electron chi connectivity index (χ0n) is 19.1. The second-order valence-electron chi connectivity index (χ2n) is 8.49. The van der Waals surface area contributed by atoms with Crippen LogP contribution in [0, 0.1) is 24.2 Å². The van der Waals surface area contributed by atoms with Crippen molar-refractivity contribution in [3.8, 4) is 11.8 Å². The quantitative estimate of drug-likeness (QED) is 0.560. The van der Waals surface area contributed by atoms with Gasteiger partial charge in [-0.2, -0.15) is 5.26 Å². The maximum Gasteiger partial charge on any atom is 0.295 e. The zero-order valence-corrected chi connectivity index (χ0v) is 19.9. The molecule has 0 saturated carbocycles. The maximum atomic E-state index is 13.0. The van der Waals surface area contributed by atoms with Crippen LogP contribution in [0.4, 0.5) is 5.69 Å². The van der Waals surface area contributed by atoms with Gasteiger partial charge in [-0.15, -0.1) is 11.8 Å². The summed E-state index contributed by atoms with van der Waals surface area (Å²) in [6.07, 6.45) is 3.21. The molecule has 0 saturated heterocycles. The van der Waals surface area contributed by atoms with E-state index in [0.29, 0.717) is 28.0 Å². The van der Waals surface area contributed by atoms with Crippen LogP contribution in [0.15, 0.2) is 46.2 Å². The van der Waals surface area contributed by atoms with Gasteiger partial charge in [-0.3, -0.25) is 14.3 Å². The molecule has 0 bridgehead atoms. The van der Waals surface area contributed by atoms with E-state index in [-0.39, 0.29) is 23.6 Å². The number of amides is 1. The molecule has 2 heterocycles. The smallest absolute Gasteiger partial charge is 0.295 e. The lowest BCUT2D eigenvalue weighted by atomic mass is 9.87. The minimum absolute atomic E-state index is 0.213. The van der Waals surface area contributed by atoms with Gasteiger partial charge in [-0.05, 0) is 55.9 Å². The molecule has 0 fully saturated rings. The van der Waals surface area contributed by atoms with Crippen molar-refractivity contribution in [2.75, 3.05) is 11.1 Å². The Balaban J connectivity index is 1.43. The predicted octanol–water partition coefficient (Wildman–Crippen LogP) is 4.00. The number of nitrogens with zero attached hydrogens (tertiary/aromatic N) is 4.